The van der Waals surface area contributed by atoms with Crippen molar-refractivity contribution < 1.29 is 19.1 Å². The molecule has 1 aliphatic carbocycles. The molecule has 5 nitrogen and oxygen atoms in total. The normalized spacial score (nSPS) is 17.0. The van der Waals surface area contributed by atoms with Crippen LogP contribution in [0.3, 0.4) is 0 Å². The van der Waals surface area contributed by atoms with E-state index in [1.165, 1.54) is 38.3 Å². The fourth-order valence-corrected chi connectivity index (χ4v) is 1.46. The Bertz CT molecular complexity index is 365. The maximum atomic E-state index is 11.2. The minimum atomic E-state index is -0.952. The van der Waals surface area contributed by atoms with Gasteiger partial charge in [-0.05, 0) is 12.2 Å². The molecule has 5 heteroatoms. The molecule has 0 aliphatic heterocycles. The highest BCUT2D eigenvalue weighted by Crippen LogP contribution is 2.19. The lowest BCUT2D eigenvalue weighted by molar-refractivity contribution is -0.141. The topological polar surface area (TPSA) is 72.5 Å². The van der Waals surface area contributed by atoms with Gasteiger partial charge in [0.05, 0.1) is 19.1 Å². The van der Waals surface area contributed by atoms with Crippen molar-refractivity contribution in [2.24, 2.45) is 0 Å². The van der Waals surface area contributed by atoms with Crippen molar-refractivity contribution in [3.05, 3.63) is 24.3 Å². The fourth-order valence-electron chi connectivity index (χ4n) is 1.46. The molecule has 0 bridgehead atoms. The van der Waals surface area contributed by atoms with Crippen molar-refractivity contribution in [2.75, 3.05) is 7.11 Å². The molecule has 0 aromatic heterocycles. The number of carbonyl (C=O) groups is 3. The molecule has 0 saturated heterocycles. The molecular formula is C11H13NO4. The molecule has 0 spiro atoms. The van der Waals surface area contributed by atoms with Crippen LogP contribution in [0.1, 0.15) is 13.3 Å². The SMILES string of the molecule is COC(=O)CC1(NC(C)=O)C=CC(=O)C=C1. The standard InChI is InChI=1S/C11H13NO4/c1-8(13)12-11(7-10(15)16-2)5-3-9(14)4-6-11/h3-6H,7H2,1-2H3,(H,12,13). The zero-order valence-electron chi connectivity index (χ0n) is 9.15. The Morgan fingerprint density at radius 2 is 1.94 bits per heavy atom. The molecule has 0 saturated carbocycles. The molecule has 0 aromatic rings. The highest BCUT2D eigenvalue weighted by Gasteiger charge is 2.30. The molecule has 86 valence electrons. The number of hydrogen-bond donors (Lipinski definition) is 1. The third-order valence-corrected chi connectivity index (χ3v) is 2.16. The molecule has 1 aliphatic rings. The van der Waals surface area contributed by atoms with E-state index in [1.54, 1.807) is 0 Å². The lowest BCUT2D eigenvalue weighted by atomic mass is 9.90. The van der Waals surface area contributed by atoms with Gasteiger partial charge in [-0.25, -0.2) is 0 Å². The van der Waals surface area contributed by atoms with Crippen LogP contribution in [0.15, 0.2) is 24.3 Å². The first kappa shape index (κ1) is 12.2. The Morgan fingerprint density at radius 3 is 2.38 bits per heavy atom. The van der Waals surface area contributed by atoms with Gasteiger partial charge >= 0.3 is 5.97 Å². The predicted molar refractivity (Wildman–Crippen MR) is 56.5 cm³/mol. The van der Waals surface area contributed by atoms with Crippen molar-refractivity contribution in [1.82, 2.24) is 5.32 Å². The van der Waals surface area contributed by atoms with Crippen molar-refractivity contribution in [1.29, 1.82) is 0 Å². The van der Waals surface area contributed by atoms with Crippen molar-refractivity contribution in [2.45, 2.75) is 18.9 Å². The summed E-state index contributed by atoms with van der Waals surface area (Å²) < 4.78 is 4.54. The van der Waals surface area contributed by atoms with Gasteiger partial charge in [0.15, 0.2) is 5.78 Å². The molecule has 0 fully saturated rings. The van der Waals surface area contributed by atoms with Gasteiger partial charge in [0.25, 0.3) is 0 Å². The lowest BCUT2D eigenvalue weighted by Crippen LogP contribution is -2.47. The summed E-state index contributed by atoms with van der Waals surface area (Å²) in [5, 5.41) is 2.62. The second kappa shape index (κ2) is 4.74. The number of ether oxygens (including phenoxy) is 1. The first-order valence-corrected chi connectivity index (χ1v) is 4.75. The van der Waals surface area contributed by atoms with E-state index in [4.69, 9.17) is 0 Å². The van der Waals surface area contributed by atoms with Gasteiger partial charge < -0.3 is 10.1 Å². The zero-order valence-corrected chi connectivity index (χ0v) is 9.15. The predicted octanol–water partition coefficient (Wildman–Crippen LogP) is 0.119. The van der Waals surface area contributed by atoms with Crippen LogP contribution in [0, 0.1) is 0 Å². The van der Waals surface area contributed by atoms with Gasteiger partial charge in [-0.3, -0.25) is 14.4 Å². The van der Waals surface area contributed by atoms with Crippen molar-refractivity contribution >= 4 is 17.7 Å². The molecule has 0 aromatic carbocycles. The maximum absolute atomic E-state index is 11.2. The third kappa shape index (κ3) is 3.05. The smallest absolute Gasteiger partial charge is 0.308 e. The van der Waals surface area contributed by atoms with Crippen LogP contribution in [-0.2, 0) is 19.1 Å². The lowest BCUT2D eigenvalue weighted by Gasteiger charge is -2.28. The second-order valence-electron chi connectivity index (χ2n) is 3.54. The minimum Gasteiger partial charge on any atom is -0.469 e. The van der Waals surface area contributed by atoms with Crippen LogP contribution in [-0.4, -0.2) is 30.3 Å². The van der Waals surface area contributed by atoms with Crippen LogP contribution >= 0.6 is 0 Å². The molecule has 0 unspecified atom stereocenters. The highest BCUT2D eigenvalue weighted by molar-refractivity contribution is 6.01. The van der Waals surface area contributed by atoms with Crippen LogP contribution in [0.2, 0.25) is 0 Å². The Balaban J connectivity index is 2.90. The molecule has 1 N–H and O–H groups in total. The van der Waals surface area contributed by atoms with Gasteiger partial charge in [0, 0.05) is 6.92 Å². The highest BCUT2D eigenvalue weighted by atomic mass is 16.5. The molecule has 1 amide bonds. The van der Waals surface area contributed by atoms with Gasteiger partial charge in [0.1, 0.15) is 0 Å². The summed E-state index contributed by atoms with van der Waals surface area (Å²) >= 11 is 0. The summed E-state index contributed by atoms with van der Waals surface area (Å²) in [6.45, 7) is 1.34. The van der Waals surface area contributed by atoms with Gasteiger partial charge in [-0.1, -0.05) is 12.2 Å². The summed E-state index contributed by atoms with van der Waals surface area (Å²) in [5.74, 6) is -0.921. The van der Waals surface area contributed by atoms with E-state index >= 15 is 0 Å². The number of allylic oxidation sites excluding steroid dienone is 2. The molecular weight excluding hydrogens is 210 g/mol. The number of methoxy groups -OCH3 is 1. The first-order chi connectivity index (χ1) is 7.47. The van der Waals surface area contributed by atoms with E-state index in [1.807, 2.05) is 0 Å². The fraction of sp³-hybridized carbons (Fsp3) is 0.364. The van der Waals surface area contributed by atoms with E-state index in [0.717, 1.165) is 0 Å². The van der Waals surface area contributed by atoms with Crippen LogP contribution < -0.4 is 5.32 Å². The van der Waals surface area contributed by atoms with Gasteiger partial charge in [-0.15, -0.1) is 0 Å². The van der Waals surface area contributed by atoms with Gasteiger partial charge in [0.2, 0.25) is 5.91 Å². The molecule has 0 atom stereocenters. The Hall–Kier alpha value is -1.91. The van der Waals surface area contributed by atoms with E-state index in [9.17, 15) is 14.4 Å². The minimum absolute atomic E-state index is 0.0383. The molecule has 16 heavy (non-hydrogen) atoms. The number of ketones is 1. The Labute approximate surface area is 93.2 Å². The number of amides is 1. The average Bonchev–Trinajstić information content (AvgIpc) is 2.21. The number of rotatable bonds is 3. The van der Waals surface area contributed by atoms with Crippen molar-refractivity contribution in [3.63, 3.8) is 0 Å². The van der Waals surface area contributed by atoms with Crippen LogP contribution in [0.4, 0.5) is 0 Å². The summed E-state index contributed by atoms with van der Waals surface area (Å²) in [6, 6.07) is 0. The van der Waals surface area contributed by atoms with E-state index in [0.29, 0.717) is 0 Å². The summed E-state index contributed by atoms with van der Waals surface area (Å²) in [5.41, 5.74) is -0.952. The second-order valence-corrected chi connectivity index (χ2v) is 3.54. The maximum Gasteiger partial charge on any atom is 0.308 e. The van der Waals surface area contributed by atoms with E-state index in [-0.39, 0.29) is 18.1 Å². The average molecular weight is 223 g/mol. The first-order valence-electron chi connectivity index (χ1n) is 4.75. The van der Waals surface area contributed by atoms with Crippen LogP contribution in [0.5, 0.6) is 0 Å². The summed E-state index contributed by atoms with van der Waals surface area (Å²) in [4.78, 5) is 33.3. The van der Waals surface area contributed by atoms with Crippen molar-refractivity contribution in [3.8, 4) is 0 Å². The van der Waals surface area contributed by atoms with Crippen LogP contribution in [0.25, 0.3) is 0 Å². The third-order valence-electron chi connectivity index (χ3n) is 2.16. The quantitative estimate of drug-likeness (QED) is 0.690. The van der Waals surface area contributed by atoms with Gasteiger partial charge in [-0.2, -0.15) is 0 Å². The Kier molecular flexibility index (Phi) is 3.60. The zero-order chi connectivity index (χ0) is 12.2. The monoisotopic (exact) mass is 223 g/mol. The number of nitrogens with one attached hydrogen (secondary N) is 1. The number of carbonyl (C=O) groups excluding carboxylic acids is 3. The molecule has 0 heterocycles. The number of hydrogen-bond acceptors (Lipinski definition) is 4. The largest absolute Gasteiger partial charge is 0.469 e. The van der Waals surface area contributed by atoms with E-state index in [2.05, 4.69) is 10.1 Å². The van der Waals surface area contributed by atoms with E-state index < -0.39 is 11.5 Å². The summed E-state index contributed by atoms with van der Waals surface area (Å²) in [6.07, 6.45) is 5.59. The molecule has 1 rings (SSSR count). The Morgan fingerprint density at radius 1 is 1.38 bits per heavy atom. The number of esters is 1. The molecule has 0 radical (unpaired) electrons. The summed E-state index contributed by atoms with van der Waals surface area (Å²) in [7, 11) is 1.27.